The Hall–Kier alpha value is -0.870. The average Bonchev–Trinajstić information content (AvgIpc) is 3.21. The molecule has 0 aromatic heterocycles. The lowest BCUT2D eigenvalue weighted by molar-refractivity contribution is -0.214. The summed E-state index contributed by atoms with van der Waals surface area (Å²) in [6, 6.07) is 0. The van der Waals surface area contributed by atoms with Gasteiger partial charge in [-0.15, -0.1) is 0 Å². The fourth-order valence-electron chi connectivity index (χ4n) is 8.53. The molecule has 5 rings (SSSR count). The molecule has 0 aromatic carbocycles. The third-order valence-corrected chi connectivity index (χ3v) is 9.89. The van der Waals surface area contributed by atoms with Crippen molar-refractivity contribution in [3.63, 3.8) is 0 Å². The molecule has 150 valence electrons. The molecule has 2 N–H and O–H groups in total. The lowest BCUT2D eigenvalue weighted by Gasteiger charge is -2.63. The molecular formula is C23H34O4. The van der Waals surface area contributed by atoms with Crippen molar-refractivity contribution in [3.05, 3.63) is 11.6 Å². The van der Waals surface area contributed by atoms with E-state index in [1.807, 2.05) is 0 Å². The molecule has 0 amide bonds. The Morgan fingerprint density at radius 1 is 1.07 bits per heavy atom. The van der Waals surface area contributed by atoms with Crippen molar-refractivity contribution >= 4 is 5.97 Å². The van der Waals surface area contributed by atoms with E-state index in [-0.39, 0.29) is 22.7 Å². The van der Waals surface area contributed by atoms with Crippen LogP contribution in [0.3, 0.4) is 0 Å². The monoisotopic (exact) mass is 374 g/mol. The predicted molar refractivity (Wildman–Crippen MR) is 102 cm³/mol. The van der Waals surface area contributed by atoms with E-state index in [4.69, 9.17) is 4.74 Å². The zero-order valence-electron chi connectivity index (χ0n) is 16.6. The molecule has 0 unspecified atom stereocenters. The Balaban J connectivity index is 1.50. The van der Waals surface area contributed by atoms with Crippen LogP contribution in [0.2, 0.25) is 0 Å². The molecular weight excluding hydrogens is 340 g/mol. The van der Waals surface area contributed by atoms with Gasteiger partial charge in [-0.2, -0.15) is 0 Å². The molecule has 0 spiro atoms. The normalized spacial score (nSPS) is 51.8. The molecule has 4 nitrogen and oxygen atoms in total. The largest absolute Gasteiger partial charge is 0.458 e. The SMILES string of the molecule is C[C@]12CC[C@H]3[C@@H](CC[C@@H]4CCCC[C@@]43CO)[C@@]1(O)CC[C@@H]2C1=CC(=O)OC1. The van der Waals surface area contributed by atoms with Crippen LogP contribution in [0.15, 0.2) is 11.6 Å². The Labute approximate surface area is 162 Å². The summed E-state index contributed by atoms with van der Waals surface area (Å²) in [4.78, 5) is 11.6. The number of aliphatic hydroxyl groups excluding tert-OH is 1. The lowest BCUT2D eigenvalue weighted by Crippen LogP contribution is -2.63. The first-order valence-electron chi connectivity index (χ1n) is 11.1. The van der Waals surface area contributed by atoms with Gasteiger partial charge in [0, 0.05) is 18.1 Å². The Bertz CT molecular complexity index is 671. The van der Waals surface area contributed by atoms with Crippen LogP contribution < -0.4 is 0 Å². The van der Waals surface area contributed by atoms with E-state index in [1.54, 1.807) is 6.08 Å². The first kappa shape index (κ1) is 18.2. The number of hydrogen-bond donors (Lipinski definition) is 2. The number of aliphatic hydroxyl groups is 2. The van der Waals surface area contributed by atoms with Crippen LogP contribution in [0.5, 0.6) is 0 Å². The van der Waals surface area contributed by atoms with E-state index in [2.05, 4.69) is 6.92 Å². The van der Waals surface area contributed by atoms with Crippen molar-refractivity contribution in [2.24, 2.45) is 34.5 Å². The summed E-state index contributed by atoms with van der Waals surface area (Å²) in [5.74, 6) is 1.42. The maximum atomic E-state index is 12.1. The van der Waals surface area contributed by atoms with Crippen LogP contribution in [0.1, 0.15) is 71.1 Å². The van der Waals surface area contributed by atoms with Gasteiger partial charge < -0.3 is 14.9 Å². The van der Waals surface area contributed by atoms with Crippen molar-refractivity contribution in [2.75, 3.05) is 13.2 Å². The minimum Gasteiger partial charge on any atom is -0.458 e. The maximum Gasteiger partial charge on any atom is 0.331 e. The molecule has 0 aromatic rings. The van der Waals surface area contributed by atoms with Gasteiger partial charge in [-0.1, -0.05) is 19.8 Å². The van der Waals surface area contributed by atoms with E-state index in [1.165, 1.54) is 19.3 Å². The molecule has 4 fully saturated rings. The smallest absolute Gasteiger partial charge is 0.331 e. The van der Waals surface area contributed by atoms with Gasteiger partial charge in [0.25, 0.3) is 0 Å². The number of carbonyl (C=O) groups is 1. The molecule has 4 saturated carbocycles. The fraction of sp³-hybridized carbons (Fsp3) is 0.870. The summed E-state index contributed by atoms with van der Waals surface area (Å²) < 4.78 is 5.20. The van der Waals surface area contributed by atoms with Crippen molar-refractivity contribution in [3.8, 4) is 0 Å². The Kier molecular flexibility index (Phi) is 4.08. The van der Waals surface area contributed by atoms with E-state index in [9.17, 15) is 15.0 Å². The summed E-state index contributed by atoms with van der Waals surface area (Å²) in [5.41, 5.74) is 0.298. The summed E-state index contributed by atoms with van der Waals surface area (Å²) in [5, 5.41) is 22.6. The van der Waals surface area contributed by atoms with Crippen LogP contribution in [0, 0.1) is 34.5 Å². The van der Waals surface area contributed by atoms with Crippen molar-refractivity contribution in [2.45, 2.75) is 76.7 Å². The lowest BCUT2D eigenvalue weighted by atomic mass is 9.43. The number of carbonyl (C=O) groups excluding carboxylic acids is 1. The van der Waals surface area contributed by atoms with Gasteiger partial charge in [-0.3, -0.25) is 0 Å². The van der Waals surface area contributed by atoms with Gasteiger partial charge in [-0.25, -0.2) is 4.79 Å². The summed E-state index contributed by atoms with van der Waals surface area (Å²) in [6.45, 7) is 2.97. The number of rotatable bonds is 2. The second kappa shape index (κ2) is 6.06. The van der Waals surface area contributed by atoms with E-state index in [0.29, 0.717) is 31.0 Å². The highest BCUT2D eigenvalue weighted by molar-refractivity contribution is 5.85. The summed E-state index contributed by atoms with van der Waals surface area (Å²) in [7, 11) is 0. The van der Waals surface area contributed by atoms with Crippen LogP contribution >= 0.6 is 0 Å². The van der Waals surface area contributed by atoms with Crippen LogP contribution in [-0.4, -0.2) is 35.0 Å². The second-order valence-corrected chi connectivity index (χ2v) is 10.4. The predicted octanol–water partition coefficient (Wildman–Crippen LogP) is 3.61. The van der Waals surface area contributed by atoms with Gasteiger partial charge in [0.15, 0.2) is 0 Å². The molecule has 7 atom stereocenters. The van der Waals surface area contributed by atoms with Gasteiger partial charge in [-0.05, 0) is 86.0 Å². The van der Waals surface area contributed by atoms with E-state index >= 15 is 0 Å². The number of cyclic esters (lactones) is 1. The summed E-state index contributed by atoms with van der Waals surface area (Å²) >= 11 is 0. The van der Waals surface area contributed by atoms with Crippen molar-refractivity contribution in [1.82, 2.24) is 0 Å². The number of ether oxygens (including phenoxy) is 1. The van der Waals surface area contributed by atoms with Gasteiger partial charge in [0.1, 0.15) is 6.61 Å². The minimum absolute atomic E-state index is 0.0437. The van der Waals surface area contributed by atoms with E-state index in [0.717, 1.165) is 50.5 Å². The number of hydrogen-bond acceptors (Lipinski definition) is 4. The minimum atomic E-state index is -0.669. The molecule has 0 radical (unpaired) electrons. The van der Waals surface area contributed by atoms with Gasteiger partial charge in [0.2, 0.25) is 0 Å². The van der Waals surface area contributed by atoms with Crippen molar-refractivity contribution < 1.29 is 19.7 Å². The topological polar surface area (TPSA) is 66.8 Å². The number of fused-ring (bicyclic) bond motifs is 5. The molecule has 1 aliphatic heterocycles. The Morgan fingerprint density at radius 2 is 1.93 bits per heavy atom. The first-order valence-corrected chi connectivity index (χ1v) is 11.1. The third kappa shape index (κ3) is 2.26. The van der Waals surface area contributed by atoms with Gasteiger partial charge in [0.05, 0.1) is 5.60 Å². The molecule has 5 aliphatic rings. The molecule has 1 heterocycles. The van der Waals surface area contributed by atoms with E-state index < -0.39 is 5.60 Å². The highest BCUT2D eigenvalue weighted by Gasteiger charge is 2.68. The quantitative estimate of drug-likeness (QED) is 0.725. The first-order chi connectivity index (χ1) is 12.9. The molecule has 0 bridgehead atoms. The second-order valence-electron chi connectivity index (χ2n) is 10.4. The van der Waals surface area contributed by atoms with Crippen molar-refractivity contribution in [1.29, 1.82) is 0 Å². The molecule has 4 aliphatic carbocycles. The number of esters is 1. The highest BCUT2D eigenvalue weighted by Crippen LogP contribution is 2.69. The van der Waals surface area contributed by atoms with Crippen LogP contribution in [0.4, 0.5) is 0 Å². The molecule has 27 heavy (non-hydrogen) atoms. The highest BCUT2D eigenvalue weighted by atomic mass is 16.5. The zero-order chi connectivity index (χ0) is 18.9. The molecule has 4 heteroatoms. The third-order valence-electron chi connectivity index (χ3n) is 9.89. The zero-order valence-corrected chi connectivity index (χ0v) is 16.6. The maximum absolute atomic E-state index is 12.1. The standard InChI is InChI=1S/C23H34O4/c1-21-10-7-18-19(6-5-16-4-2-3-9-22(16,18)14-24)23(21,26)11-8-17(21)15-12-20(25)27-13-15/h12,16-19,24,26H,2-11,13-14H2,1H3/t16-,17+,18-,19+,21+,22+,23-/m0/s1. The van der Waals surface area contributed by atoms with Crippen LogP contribution in [-0.2, 0) is 9.53 Å². The fourth-order valence-corrected chi connectivity index (χ4v) is 8.53. The van der Waals surface area contributed by atoms with Gasteiger partial charge >= 0.3 is 5.97 Å². The summed E-state index contributed by atoms with van der Waals surface area (Å²) in [6.07, 6.45) is 12.8. The van der Waals surface area contributed by atoms with Crippen LogP contribution in [0.25, 0.3) is 0 Å². The Morgan fingerprint density at radius 3 is 2.67 bits per heavy atom. The molecule has 0 saturated heterocycles. The average molecular weight is 375 g/mol.